The Morgan fingerprint density at radius 2 is 2.00 bits per heavy atom. The zero-order chi connectivity index (χ0) is 19.6. The molecule has 0 radical (unpaired) electrons. The molecule has 1 N–H and O–H groups in total. The number of nitro groups is 1. The van der Waals surface area contributed by atoms with Crippen LogP contribution in [0.5, 0.6) is 0 Å². The van der Waals surface area contributed by atoms with Gasteiger partial charge in [0.05, 0.1) is 21.5 Å². The monoisotopic (exact) mass is 408 g/mol. The molecule has 1 aromatic carbocycles. The Hall–Kier alpha value is -2.91. The van der Waals surface area contributed by atoms with Crippen molar-refractivity contribution in [2.45, 2.75) is 20.0 Å². The SMILES string of the molecule is Cc1nn(CC(=O)Nc2ccn(Cc3ccc(Cl)c(Cl)c3)n2)cc1[N+](=O)[O-]. The molecule has 140 valence electrons. The highest BCUT2D eigenvalue weighted by Crippen LogP contribution is 2.23. The molecule has 0 unspecified atom stereocenters. The van der Waals surface area contributed by atoms with Crippen molar-refractivity contribution in [2.75, 3.05) is 5.32 Å². The van der Waals surface area contributed by atoms with E-state index >= 15 is 0 Å². The fraction of sp³-hybridized carbons (Fsp3) is 0.188. The standard InChI is InChI=1S/C16H14Cl2N6O3/c1-10-14(24(26)27)8-23(20-10)9-16(25)19-15-4-5-22(21-15)7-11-2-3-12(17)13(18)6-11/h2-6,8H,7,9H2,1H3,(H,19,21,25). The highest BCUT2D eigenvalue weighted by atomic mass is 35.5. The van der Waals surface area contributed by atoms with E-state index in [1.807, 2.05) is 6.07 Å². The average Bonchev–Trinajstić information content (AvgIpc) is 3.17. The zero-order valence-corrected chi connectivity index (χ0v) is 15.6. The molecular formula is C16H14Cl2N6O3. The number of hydrogen-bond acceptors (Lipinski definition) is 5. The molecule has 1 amide bonds. The lowest BCUT2D eigenvalue weighted by molar-refractivity contribution is -0.385. The quantitative estimate of drug-likeness (QED) is 0.497. The van der Waals surface area contributed by atoms with E-state index in [1.54, 1.807) is 29.1 Å². The Labute approximate surface area is 163 Å². The highest BCUT2D eigenvalue weighted by molar-refractivity contribution is 6.42. The first kappa shape index (κ1) is 18.9. The third-order valence-corrected chi connectivity index (χ3v) is 4.40. The lowest BCUT2D eigenvalue weighted by atomic mass is 10.2. The van der Waals surface area contributed by atoms with Crippen molar-refractivity contribution < 1.29 is 9.72 Å². The topological polar surface area (TPSA) is 108 Å². The Bertz CT molecular complexity index is 1010. The van der Waals surface area contributed by atoms with E-state index in [1.165, 1.54) is 17.8 Å². The van der Waals surface area contributed by atoms with Crippen molar-refractivity contribution in [2.24, 2.45) is 0 Å². The largest absolute Gasteiger partial charge is 0.309 e. The van der Waals surface area contributed by atoms with Gasteiger partial charge in [0, 0.05) is 12.3 Å². The summed E-state index contributed by atoms with van der Waals surface area (Å²) < 4.78 is 2.85. The van der Waals surface area contributed by atoms with Gasteiger partial charge in [-0.15, -0.1) is 0 Å². The van der Waals surface area contributed by atoms with E-state index < -0.39 is 10.8 Å². The lowest BCUT2D eigenvalue weighted by Crippen LogP contribution is -2.19. The molecule has 0 bridgehead atoms. The summed E-state index contributed by atoms with van der Waals surface area (Å²) in [6.07, 6.45) is 2.93. The fourth-order valence-electron chi connectivity index (χ4n) is 2.44. The summed E-state index contributed by atoms with van der Waals surface area (Å²) in [5.41, 5.74) is 1.03. The summed E-state index contributed by atoms with van der Waals surface area (Å²) in [6, 6.07) is 6.93. The molecule has 11 heteroatoms. The van der Waals surface area contributed by atoms with Gasteiger partial charge in [0.25, 0.3) is 0 Å². The smallest absolute Gasteiger partial charge is 0.308 e. The molecule has 0 fully saturated rings. The van der Waals surface area contributed by atoms with Gasteiger partial charge >= 0.3 is 5.69 Å². The van der Waals surface area contributed by atoms with Crippen LogP contribution < -0.4 is 5.32 Å². The maximum absolute atomic E-state index is 12.1. The van der Waals surface area contributed by atoms with E-state index in [4.69, 9.17) is 23.2 Å². The van der Waals surface area contributed by atoms with Crippen LogP contribution >= 0.6 is 23.2 Å². The van der Waals surface area contributed by atoms with E-state index in [9.17, 15) is 14.9 Å². The second-order valence-corrected chi connectivity index (χ2v) is 6.56. The predicted molar refractivity (Wildman–Crippen MR) is 100 cm³/mol. The highest BCUT2D eigenvalue weighted by Gasteiger charge is 2.17. The molecule has 0 aliphatic heterocycles. The molecule has 0 aliphatic rings. The molecular weight excluding hydrogens is 395 g/mol. The Morgan fingerprint density at radius 3 is 2.67 bits per heavy atom. The number of rotatable bonds is 6. The summed E-state index contributed by atoms with van der Waals surface area (Å²) in [4.78, 5) is 22.4. The van der Waals surface area contributed by atoms with Crippen LogP contribution in [0.4, 0.5) is 11.5 Å². The number of nitrogens with one attached hydrogen (secondary N) is 1. The summed E-state index contributed by atoms with van der Waals surface area (Å²) in [6.45, 7) is 1.81. The van der Waals surface area contributed by atoms with Gasteiger partial charge in [-0.2, -0.15) is 10.2 Å². The Balaban J connectivity index is 1.61. The van der Waals surface area contributed by atoms with Gasteiger partial charge in [0.15, 0.2) is 5.82 Å². The van der Waals surface area contributed by atoms with E-state index in [-0.39, 0.29) is 17.9 Å². The summed E-state index contributed by atoms with van der Waals surface area (Å²) >= 11 is 11.9. The zero-order valence-electron chi connectivity index (χ0n) is 14.1. The first-order valence-corrected chi connectivity index (χ1v) is 8.53. The van der Waals surface area contributed by atoms with Crippen LogP contribution in [-0.4, -0.2) is 30.4 Å². The first-order valence-electron chi connectivity index (χ1n) is 7.77. The van der Waals surface area contributed by atoms with Crippen molar-refractivity contribution in [1.82, 2.24) is 19.6 Å². The molecule has 0 saturated heterocycles. The molecule has 0 saturated carbocycles. The number of benzene rings is 1. The van der Waals surface area contributed by atoms with Gasteiger partial charge in [-0.1, -0.05) is 29.3 Å². The van der Waals surface area contributed by atoms with Gasteiger partial charge in [-0.05, 0) is 24.6 Å². The molecule has 0 atom stereocenters. The van der Waals surface area contributed by atoms with Crippen LogP contribution in [-0.2, 0) is 17.9 Å². The van der Waals surface area contributed by atoms with Crippen molar-refractivity contribution in [1.29, 1.82) is 0 Å². The molecule has 3 rings (SSSR count). The van der Waals surface area contributed by atoms with Crippen LogP contribution in [0.25, 0.3) is 0 Å². The first-order chi connectivity index (χ1) is 12.8. The van der Waals surface area contributed by atoms with Crippen LogP contribution in [0.3, 0.4) is 0 Å². The number of anilines is 1. The van der Waals surface area contributed by atoms with E-state index in [0.29, 0.717) is 22.4 Å². The molecule has 0 spiro atoms. The molecule has 2 heterocycles. The van der Waals surface area contributed by atoms with Gasteiger partial charge < -0.3 is 5.32 Å². The van der Waals surface area contributed by atoms with Crippen molar-refractivity contribution in [3.8, 4) is 0 Å². The van der Waals surface area contributed by atoms with Gasteiger partial charge in [-0.3, -0.25) is 24.3 Å². The van der Waals surface area contributed by atoms with Crippen LogP contribution in [0.15, 0.2) is 36.7 Å². The van der Waals surface area contributed by atoms with E-state index in [2.05, 4.69) is 15.5 Å². The Kier molecular flexibility index (Phi) is 5.43. The number of aryl methyl sites for hydroxylation is 1. The predicted octanol–water partition coefficient (Wildman–Crippen LogP) is 3.29. The number of halogens is 2. The second kappa shape index (κ2) is 7.77. The maximum Gasteiger partial charge on any atom is 0.309 e. The molecule has 9 nitrogen and oxygen atoms in total. The third kappa shape index (κ3) is 4.63. The van der Waals surface area contributed by atoms with Gasteiger partial charge in [0.2, 0.25) is 5.91 Å². The number of amides is 1. The van der Waals surface area contributed by atoms with Crippen molar-refractivity contribution in [3.63, 3.8) is 0 Å². The number of carbonyl (C=O) groups is 1. The van der Waals surface area contributed by atoms with Crippen LogP contribution in [0.2, 0.25) is 10.0 Å². The minimum Gasteiger partial charge on any atom is -0.308 e. The van der Waals surface area contributed by atoms with Crippen molar-refractivity contribution >= 4 is 40.6 Å². The number of hydrogen-bond donors (Lipinski definition) is 1. The molecule has 2 aromatic heterocycles. The third-order valence-electron chi connectivity index (χ3n) is 3.66. The van der Waals surface area contributed by atoms with E-state index in [0.717, 1.165) is 5.56 Å². The molecule has 0 aliphatic carbocycles. The molecule has 27 heavy (non-hydrogen) atoms. The van der Waals surface area contributed by atoms with Crippen molar-refractivity contribution in [3.05, 3.63) is 68.1 Å². The normalized spacial score (nSPS) is 10.8. The van der Waals surface area contributed by atoms with Gasteiger partial charge in [0.1, 0.15) is 18.4 Å². The van der Waals surface area contributed by atoms with Crippen LogP contribution in [0, 0.1) is 17.0 Å². The second-order valence-electron chi connectivity index (χ2n) is 5.75. The average molecular weight is 409 g/mol. The molecule has 3 aromatic rings. The number of aromatic nitrogens is 4. The number of carbonyl (C=O) groups excluding carboxylic acids is 1. The summed E-state index contributed by atoms with van der Waals surface area (Å²) in [5, 5.41) is 22.6. The summed E-state index contributed by atoms with van der Waals surface area (Å²) in [5.74, 6) is -0.0365. The van der Waals surface area contributed by atoms with Crippen LogP contribution in [0.1, 0.15) is 11.3 Å². The Morgan fingerprint density at radius 1 is 1.22 bits per heavy atom. The lowest BCUT2D eigenvalue weighted by Gasteiger charge is -2.04. The maximum atomic E-state index is 12.1. The minimum absolute atomic E-state index is 0.131. The van der Waals surface area contributed by atoms with Gasteiger partial charge in [-0.25, -0.2) is 0 Å². The number of nitrogens with zero attached hydrogens (tertiary/aromatic N) is 5. The summed E-state index contributed by atoms with van der Waals surface area (Å²) in [7, 11) is 0. The minimum atomic E-state index is -0.540. The fourth-order valence-corrected chi connectivity index (χ4v) is 2.76.